The van der Waals surface area contributed by atoms with E-state index in [-0.39, 0.29) is 0 Å². The van der Waals surface area contributed by atoms with Crippen LogP contribution in [-0.2, 0) is 55.5 Å². The Labute approximate surface area is 445 Å². The molecule has 0 radical (unpaired) electrons. The second-order valence-electron chi connectivity index (χ2n) is 20.4. The summed E-state index contributed by atoms with van der Waals surface area (Å²) < 4.78 is 29.5. The third-order valence-electron chi connectivity index (χ3n) is 14.8. The fourth-order valence-electron chi connectivity index (χ4n) is 11.0. The summed E-state index contributed by atoms with van der Waals surface area (Å²) in [6.07, 6.45) is 24.4. The largest absolute Gasteiger partial charge is 0.533 e. The molecular formula is C64H84BNO4S2. The van der Waals surface area contributed by atoms with E-state index in [0.717, 1.165) is 43.2 Å². The van der Waals surface area contributed by atoms with Crippen molar-refractivity contribution in [1.82, 2.24) is 0 Å². The van der Waals surface area contributed by atoms with Crippen molar-refractivity contribution in [3.63, 3.8) is 0 Å². The van der Waals surface area contributed by atoms with Crippen molar-refractivity contribution in [1.29, 1.82) is 0 Å². The van der Waals surface area contributed by atoms with Crippen LogP contribution in [0.25, 0.3) is 0 Å². The average molecular weight is 1010 g/mol. The number of benzene rings is 6. The van der Waals surface area contributed by atoms with E-state index in [2.05, 4.69) is 128 Å². The van der Waals surface area contributed by atoms with Gasteiger partial charge in [-0.3, -0.25) is 0 Å². The minimum absolute atomic E-state index is 0.482. The van der Waals surface area contributed by atoms with Gasteiger partial charge in [0.15, 0.2) is 0 Å². The maximum Gasteiger partial charge on any atom is 0.533 e. The van der Waals surface area contributed by atoms with Crippen LogP contribution in [0.4, 0.5) is 0 Å². The van der Waals surface area contributed by atoms with E-state index in [1.165, 1.54) is 116 Å². The molecule has 2 aliphatic rings. The van der Waals surface area contributed by atoms with Gasteiger partial charge in [-0.15, -0.1) is 25.3 Å². The number of rotatable bonds is 28. The molecule has 6 aromatic carbocycles. The molecule has 384 valence electrons. The van der Waals surface area contributed by atoms with Crippen LogP contribution in [0.3, 0.4) is 0 Å². The van der Waals surface area contributed by atoms with Crippen LogP contribution in [0.15, 0.2) is 180 Å². The molecule has 1 spiro atoms. The minimum Gasteiger partial charge on any atom is -0.514 e. The van der Waals surface area contributed by atoms with Crippen LogP contribution >= 0.6 is 25.3 Å². The first kappa shape index (κ1) is 55.6. The van der Waals surface area contributed by atoms with Crippen LogP contribution < -0.4 is 5.32 Å². The lowest BCUT2D eigenvalue weighted by Gasteiger charge is -2.41. The summed E-state index contributed by atoms with van der Waals surface area (Å²) >= 11 is 10.1. The Kier molecular flexibility index (Phi) is 22.9. The van der Waals surface area contributed by atoms with E-state index < -0.39 is 30.4 Å². The molecule has 8 rings (SSSR count). The molecule has 0 bridgehead atoms. The fraction of sp³-hybridized carbons (Fsp3) is 0.438. The van der Waals surface area contributed by atoms with Crippen molar-refractivity contribution in [3.8, 4) is 0 Å². The molecule has 2 aliphatic heterocycles. The summed E-state index contributed by atoms with van der Waals surface area (Å²) in [4.78, 5) is 1.64. The Morgan fingerprint density at radius 3 is 1.04 bits per heavy atom. The lowest BCUT2D eigenvalue weighted by Crippen LogP contribution is -2.84. The first-order valence-corrected chi connectivity index (χ1v) is 28.7. The zero-order chi connectivity index (χ0) is 50.2. The zero-order valence-corrected chi connectivity index (χ0v) is 45.3. The fourth-order valence-corrected chi connectivity index (χ4v) is 11.7. The molecule has 4 unspecified atom stereocenters. The average Bonchev–Trinajstić information content (AvgIpc) is 3.86. The molecule has 0 aromatic heterocycles. The third kappa shape index (κ3) is 15.9. The van der Waals surface area contributed by atoms with Crippen molar-refractivity contribution in [3.05, 3.63) is 203 Å². The van der Waals surface area contributed by atoms with Crippen LogP contribution in [0, 0.1) is 0 Å². The van der Waals surface area contributed by atoms with E-state index in [0.29, 0.717) is 25.7 Å². The van der Waals surface area contributed by atoms with E-state index in [1.54, 1.807) is 0 Å². The van der Waals surface area contributed by atoms with Crippen molar-refractivity contribution >= 4 is 32.2 Å². The summed E-state index contributed by atoms with van der Waals surface area (Å²) in [6.45, 7) is 4.52. The molecule has 72 heavy (non-hydrogen) atoms. The third-order valence-corrected chi connectivity index (χ3v) is 15.6. The highest BCUT2D eigenvalue weighted by Crippen LogP contribution is 2.56. The number of nitrogens with two attached hydrogens (primary N) is 1. The summed E-state index contributed by atoms with van der Waals surface area (Å²) in [7, 11) is 0. The normalized spacial score (nSPS) is 21.4. The predicted octanol–water partition coefficient (Wildman–Crippen LogP) is 15.4. The van der Waals surface area contributed by atoms with Gasteiger partial charge in [-0.2, -0.15) is 0 Å². The number of hydrogen-bond donors (Lipinski definition) is 3. The molecule has 0 aliphatic carbocycles. The quantitative estimate of drug-likeness (QED) is 0.0260. The van der Waals surface area contributed by atoms with Crippen molar-refractivity contribution in [2.24, 2.45) is 0 Å². The van der Waals surface area contributed by atoms with Gasteiger partial charge < -0.3 is 23.9 Å². The van der Waals surface area contributed by atoms with E-state index in [4.69, 9.17) is 43.9 Å². The molecule has 6 aromatic rings. The summed E-state index contributed by atoms with van der Waals surface area (Å²) in [6, 6.07) is 58.0. The SMILES string of the molecule is CCCCCCCCCC[NH2+]CCCCCCCCCC.Sc1ccccc1C1(Cc2ccccc2)O[B-]2(OC1Cc1ccccc1)OC(Cc1ccccc1)C(Cc1ccccc1)(c1ccccc1S)O2. The van der Waals surface area contributed by atoms with Gasteiger partial charge in [0.05, 0.1) is 36.5 Å². The van der Waals surface area contributed by atoms with E-state index >= 15 is 0 Å². The Bertz CT molecular complexity index is 2240. The molecule has 0 amide bonds. The summed E-state index contributed by atoms with van der Waals surface area (Å²) in [5.74, 6) is 0. The second kappa shape index (κ2) is 29.7. The summed E-state index contributed by atoms with van der Waals surface area (Å²) in [5, 5.41) is 2.55. The molecular weight excluding hydrogens is 922 g/mol. The zero-order valence-electron chi connectivity index (χ0n) is 43.6. The van der Waals surface area contributed by atoms with Crippen molar-refractivity contribution < 1.29 is 23.9 Å². The van der Waals surface area contributed by atoms with Crippen molar-refractivity contribution in [2.45, 2.75) is 175 Å². The van der Waals surface area contributed by atoms with E-state index in [9.17, 15) is 0 Å². The first-order valence-electron chi connectivity index (χ1n) is 27.8. The number of quaternary nitrogens is 1. The van der Waals surface area contributed by atoms with Crippen LogP contribution in [0.2, 0.25) is 0 Å². The monoisotopic (exact) mass is 1010 g/mol. The smallest absolute Gasteiger partial charge is 0.514 e. The second-order valence-corrected chi connectivity index (χ2v) is 21.4. The van der Waals surface area contributed by atoms with Gasteiger partial charge in [-0.25, -0.2) is 0 Å². The Morgan fingerprint density at radius 1 is 0.389 bits per heavy atom. The number of unbranched alkanes of at least 4 members (excludes halogenated alkanes) is 14. The number of thiol groups is 2. The lowest BCUT2D eigenvalue weighted by molar-refractivity contribution is -0.655. The molecule has 2 N–H and O–H groups in total. The molecule has 0 saturated carbocycles. The Hall–Kier alpha value is -4.12. The Morgan fingerprint density at radius 2 is 0.694 bits per heavy atom. The molecule has 2 saturated heterocycles. The van der Waals surface area contributed by atoms with Crippen molar-refractivity contribution in [2.75, 3.05) is 13.1 Å². The topological polar surface area (TPSA) is 53.5 Å². The van der Waals surface area contributed by atoms with Gasteiger partial charge in [0.2, 0.25) is 0 Å². The highest BCUT2D eigenvalue weighted by atomic mass is 32.1. The maximum atomic E-state index is 7.50. The van der Waals surface area contributed by atoms with Gasteiger partial charge in [-0.1, -0.05) is 249 Å². The van der Waals surface area contributed by atoms with Gasteiger partial charge in [0.1, 0.15) is 0 Å². The standard InChI is InChI=1S/C44H40BO4S2.C20H43N/c50-39-27-15-13-25-37(39)43(31-35-21-9-3-10-22-35)41(29-33-17-5-1-6-18-33)46-45(48-43)47-42(30-34-19-7-2-8-20-34)44(49-45,32-36-23-11-4-12-24-36)38-26-14-16-28-40(38)51;1-3-5-7-9-11-13-15-17-19-21-20-18-16-14-12-10-8-6-4-2/h1-28,41-42,50-51H,29-32H2;21H,3-20H2,1-2H3/q-1;/p+1. The number of hydrogen-bond acceptors (Lipinski definition) is 6. The summed E-state index contributed by atoms with van der Waals surface area (Å²) in [5.41, 5.74) is 4.33. The van der Waals surface area contributed by atoms with Gasteiger partial charge >= 0.3 is 6.96 Å². The van der Waals surface area contributed by atoms with Crippen LogP contribution in [-0.4, -0.2) is 32.3 Å². The van der Waals surface area contributed by atoms with Crippen LogP contribution in [0.1, 0.15) is 150 Å². The van der Waals surface area contributed by atoms with E-state index in [1.807, 2.05) is 60.7 Å². The first-order chi connectivity index (χ1) is 35.4. The lowest BCUT2D eigenvalue weighted by atomic mass is 9.80. The maximum absolute atomic E-state index is 7.50. The molecule has 2 fully saturated rings. The molecule has 4 atom stereocenters. The highest BCUT2D eigenvalue weighted by molar-refractivity contribution is 7.80. The van der Waals surface area contributed by atoms with Crippen LogP contribution in [0.5, 0.6) is 0 Å². The molecule has 8 heteroatoms. The Balaban J connectivity index is 0.000000308. The highest BCUT2D eigenvalue weighted by Gasteiger charge is 2.64. The van der Waals surface area contributed by atoms with Gasteiger partial charge in [-0.05, 0) is 84.0 Å². The molecule has 2 heterocycles. The predicted molar refractivity (Wildman–Crippen MR) is 306 cm³/mol. The minimum atomic E-state index is -2.80. The molecule has 5 nitrogen and oxygen atoms in total. The van der Waals surface area contributed by atoms with Gasteiger partial charge in [0.25, 0.3) is 0 Å². The van der Waals surface area contributed by atoms with Gasteiger partial charge in [0, 0.05) is 22.6 Å².